The van der Waals surface area contributed by atoms with E-state index < -0.39 is 0 Å². The summed E-state index contributed by atoms with van der Waals surface area (Å²) in [6.45, 7) is 6.95. The molecule has 1 atom stereocenters. The van der Waals surface area contributed by atoms with Gasteiger partial charge in [0, 0.05) is 34.4 Å². The molecule has 0 bridgehead atoms. The Balaban J connectivity index is 2.08. The van der Waals surface area contributed by atoms with Gasteiger partial charge < -0.3 is 10.1 Å². The highest BCUT2D eigenvalue weighted by molar-refractivity contribution is 9.10. The van der Waals surface area contributed by atoms with Crippen molar-refractivity contribution in [2.24, 2.45) is 0 Å². The van der Waals surface area contributed by atoms with Crippen LogP contribution < -0.4 is 10.1 Å². The van der Waals surface area contributed by atoms with Crippen LogP contribution in [0.3, 0.4) is 0 Å². The molecule has 1 unspecified atom stereocenters. The zero-order chi connectivity index (χ0) is 15.4. The number of hydrogen-bond acceptors (Lipinski definition) is 3. The third-order valence-corrected chi connectivity index (χ3v) is 4.22. The summed E-state index contributed by atoms with van der Waals surface area (Å²) in [5.41, 5.74) is 4.46. The standard InChI is InChI=1S/C17H21BrN2O/c1-11-9-20-16(12(2)17(11)21-4)10-19-13(3)14-5-7-15(18)8-6-14/h5-9,13,19H,10H2,1-4H3. The fourth-order valence-electron chi connectivity index (χ4n) is 2.37. The predicted molar refractivity (Wildman–Crippen MR) is 89.7 cm³/mol. The number of nitrogens with zero attached hydrogens (tertiary/aromatic N) is 1. The van der Waals surface area contributed by atoms with Gasteiger partial charge in [0.2, 0.25) is 0 Å². The van der Waals surface area contributed by atoms with Crippen molar-refractivity contribution in [3.8, 4) is 5.75 Å². The molecule has 0 saturated carbocycles. The average molecular weight is 349 g/mol. The highest BCUT2D eigenvalue weighted by Gasteiger charge is 2.11. The minimum Gasteiger partial charge on any atom is -0.496 e. The number of benzene rings is 1. The normalized spacial score (nSPS) is 12.2. The SMILES string of the molecule is COc1c(C)cnc(CNC(C)c2ccc(Br)cc2)c1C. The van der Waals surface area contributed by atoms with Crippen molar-refractivity contribution in [2.45, 2.75) is 33.4 Å². The Morgan fingerprint density at radius 3 is 2.52 bits per heavy atom. The molecule has 0 amide bonds. The molecular formula is C17H21BrN2O. The second-order valence-corrected chi connectivity index (χ2v) is 6.12. The third-order valence-electron chi connectivity index (χ3n) is 3.70. The minimum atomic E-state index is 0.270. The molecule has 2 rings (SSSR count). The Bertz CT molecular complexity index is 611. The van der Waals surface area contributed by atoms with E-state index in [9.17, 15) is 0 Å². The van der Waals surface area contributed by atoms with E-state index in [1.54, 1.807) is 7.11 Å². The zero-order valence-corrected chi connectivity index (χ0v) is 14.5. The van der Waals surface area contributed by atoms with Crippen molar-refractivity contribution in [1.82, 2.24) is 10.3 Å². The molecule has 1 aromatic carbocycles. The minimum absolute atomic E-state index is 0.270. The quantitative estimate of drug-likeness (QED) is 0.873. The lowest BCUT2D eigenvalue weighted by molar-refractivity contribution is 0.406. The van der Waals surface area contributed by atoms with Gasteiger partial charge in [0.1, 0.15) is 5.75 Å². The molecule has 1 heterocycles. The lowest BCUT2D eigenvalue weighted by atomic mass is 10.1. The van der Waals surface area contributed by atoms with Crippen LogP contribution in [0.1, 0.15) is 35.3 Å². The lowest BCUT2D eigenvalue weighted by Gasteiger charge is -2.17. The smallest absolute Gasteiger partial charge is 0.128 e. The van der Waals surface area contributed by atoms with Crippen molar-refractivity contribution in [3.05, 3.63) is 57.3 Å². The first kappa shape index (κ1) is 16.0. The predicted octanol–water partition coefficient (Wildman–Crippen LogP) is 4.32. The molecule has 1 N–H and O–H groups in total. The van der Waals surface area contributed by atoms with E-state index in [-0.39, 0.29) is 6.04 Å². The maximum Gasteiger partial charge on any atom is 0.128 e. The molecule has 112 valence electrons. The number of methoxy groups -OCH3 is 1. The van der Waals surface area contributed by atoms with E-state index >= 15 is 0 Å². The molecular weight excluding hydrogens is 328 g/mol. The van der Waals surface area contributed by atoms with Gasteiger partial charge >= 0.3 is 0 Å². The Kier molecular flexibility index (Phi) is 5.37. The molecule has 0 aliphatic heterocycles. The van der Waals surface area contributed by atoms with Crippen LogP contribution in [0.2, 0.25) is 0 Å². The Hall–Kier alpha value is -1.39. The van der Waals surface area contributed by atoms with Gasteiger partial charge in [-0.2, -0.15) is 0 Å². The van der Waals surface area contributed by atoms with Crippen LogP contribution in [0.15, 0.2) is 34.9 Å². The monoisotopic (exact) mass is 348 g/mol. The summed E-state index contributed by atoms with van der Waals surface area (Å²) in [6, 6.07) is 8.64. The zero-order valence-electron chi connectivity index (χ0n) is 12.9. The van der Waals surface area contributed by atoms with Gasteiger partial charge in [-0.15, -0.1) is 0 Å². The molecule has 21 heavy (non-hydrogen) atoms. The number of pyridine rings is 1. The van der Waals surface area contributed by atoms with Gasteiger partial charge in [0.15, 0.2) is 0 Å². The second-order valence-electron chi connectivity index (χ2n) is 5.20. The van der Waals surface area contributed by atoms with Crippen LogP contribution in [0.4, 0.5) is 0 Å². The molecule has 0 aliphatic carbocycles. The number of aryl methyl sites for hydroxylation is 1. The lowest BCUT2D eigenvalue weighted by Crippen LogP contribution is -2.19. The highest BCUT2D eigenvalue weighted by Crippen LogP contribution is 2.24. The number of nitrogens with one attached hydrogen (secondary N) is 1. The summed E-state index contributed by atoms with van der Waals surface area (Å²) < 4.78 is 6.54. The number of aromatic nitrogens is 1. The summed E-state index contributed by atoms with van der Waals surface area (Å²) in [5.74, 6) is 0.929. The van der Waals surface area contributed by atoms with Crippen LogP contribution in [-0.2, 0) is 6.54 Å². The molecule has 0 saturated heterocycles. The largest absolute Gasteiger partial charge is 0.496 e. The summed E-state index contributed by atoms with van der Waals surface area (Å²) in [7, 11) is 1.71. The van der Waals surface area contributed by atoms with E-state index in [1.807, 2.05) is 13.1 Å². The maximum atomic E-state index is 5.45. The van der Waals surface area contributed by atoms with Gasteiger partial charge in [-0.1, -0.05) is 28.1 Å². The van der Waals surface area contributed by atoms with E-state index in [4.69, 9.17) is 4.74 Å². The summed E-state index contributed by atoms with van der Waals surface area (Å²) in [5, 5.41) is 3.51. The highest BCUT2D eigenvalue weighted by atomic mass is 79.9. The van der Waals surface area contributed by atoms with E-state index in [0.717, 1.165) is 33.6 Å². The first-order valence-electron chi connectivity index (χ1n) is 7.01. The van der Waals surface area contributed by atoms with Gasteiger partial charge in [0.25, 0.3) is 0 Å². The molecule has 0 spiro atoms. The van der Waals surface area contributed by atoms with E-state index in [2.05, 4.69) is 64.3 Å². The fourth-order valence-corrected chi connectivity index (χ4v) is 2.63. The van der Waals surface area contributed by atoms with Crippen molar-refractivity contribution in [3.63, 3.8) is 0 Å². The molecule has 0 radical (unpaired) electrons. The Morgan fingerprint density at radius 2 is 1.90 bits per heavy atom. The van der Waals surface area contributed by atoms with Crippen LogP contribution in [-0.4, -0.2) is 12.1 Å². The molecule has 2 aromatic rings. The van der Waals surface area contributed by atoms with E-state index in [0.29, 0.717) is 0 Å². The van der Waals surface area contributed by atoms with Gasteiger partial charge in [0.05, 0.1) is 12.8 Å². The van der Waals surface area contributed by atoms with Gasteiger partial charge in [-0.3, -0.25) is 4.98 Å². The number of hydrogen-bond donors (Lipinski definition) is 1. The fraction of sp³-hybridized carbons (Fsp3) is 0.353. The van der Waals surface area contributed by atoms with Crippen molar-refractivity contribution < 1.29 is 4.74 Å². The summed E-state index contributed by atoms with van der Waals surface area (Å²) >= 11 is 3.46. The molecule has 4 heteroatoms. The van der Waals surface area contributed by atoms with Crippen molar-refractivity contribution in [2.75, 3.05) is 7.11 Å². The van der Waals surface area contributed by atoms with Crippen molar-refractivity contribution in [1.29, 1.82) is 0 Å². The second kappa shape index (κ2) is 7.05. The Labute approximate surface area is 134 Å². The van der Waals surface area contributed by atoms with Crippen molar-refractivity contribution >= 4 is 15.9 Å². The molecule has 0 fully saturated rings. The van der Waals surface area contributed by atoms with Crippen LogP contribution in [0.25, 0.3) is 0 Å². The third kappa shape index (κ3) is 3.83. The Morgan fingerprint density at radius 1 is 1.24 bits per heavy atom. The molecule has 1 aromatic heterocycles. The molecule has 0 aliphatic rings. The van der Waals surface area contributed by atoms with E-state index in [1.165, 1.54) is 5.56 Å². The van der Waals surface area contributed by atoms with Gasteiger partial charge in [-0.25, -0.2) is 0 Å². The van der Waals surface area contributed by atoms with Crippen LogP contribution >= 0.6 is 15.9 Å². The van der Waals surface area contributed by atoms with Crippen LogP contribution in [0.5, 0.6) is 5.75 Å². The number of ether oxygens (including phenoxy) is 1. The number of halogens is 1. The van der Waals surface area contributed by atoms with Gasteiger partial charge in [-0.05, 0) is 38.5 Å². The number of rotatable bonds is 5. The molecule has 3 nitrogen and oxygen atoms in total. The first-order valence-corrected chi connectivity index (χ1v) is 7.80. The maximum absolute atomic E-state index is 5.45. The average Bonchev–Trinajstić information content (AvgIpc) is 2.47. The van der Waals surface area contributed by atoms with Crippen LogP contribution in [0, 0.1) is 13.8 Å². The summed E-state index contributed by atoms with van der Waals surface area (Å²) in [4.78, 5) is 4.52. The first-order chi connectivity index (χ1) is 10.0. The summed E-state index contributed by atoms with van der Waals surface area (Å²) in [6.07, 6.45) is 1.87. The topological polar surface area (TPSA) is 34.1 Å².